The summed E-state index contributed by atoms with van der Waals surface area (Å²) in [5, 5.41) is 0. The molecule has 0 unspecified atom stereocenters. The van der Waals surface area contributed by atoms with Crippen molar-refractivity contribution < 1.29 is 9.53 Å². The van der Waals surface area contributed by atoms with E-state index in [9.17, 15) is 4.79 Å². The summed E-state index contributed by atoms with van der Waals surface area (Å²) in [6.07, 6.45) is 3.36. The minimum atomic E-state index is -0.0199. The highest BCUT2D eigenvalue weighted by Crippen LogP contribution is 2.14. The second-order valence-corrected chi connectivity index (χ2v) is 4.23. The third kappa shape index (κ3) is 2.72. The fourth-order valence-corrected chi connectivity index (χ4v) is 2.00. The van der Waals surface area contributed by atoms with Crippen LogP contribution in [-0.2, 0) is 0 Å². The molecule has 0 radical (unpaired) electrons. The highest BCUT2D eigenvalue weighted by Gasteiger charge is 2.20. The van der Waals surface area contributed by atoms with Crippen LogP contribution in [0, 0.1) is 6.92 Å². The molecule has 0 aromatic carbocycles. The van der Waals surface area contributed by atoms with E-state index in [-0.39, 0.29) is 11.9 Å². The number of methoxy groups -OCH3 is 1. The van der Waals surface area contributed by atoms with Crippen molar-refractivity contribution in [2.24, 2.45) is 0 Å². The van der Waals surface area contributed by atoms with Gasteiger partial charge in [-0.15, -0.1) is 0 Å². The number of rotatable bonds is 2. The quantitative estimate of drug-likeness (QED) is 0.778. The monoisotopic (exact) mass is 235 g/mol. The van der Waals surface area contributed by atoms with Crippen molar-refractivity contribution in [2.75, 3.05) is 20.2 Å². The summed E-state index contributed by atoms with van der Waals surface area (Å²) in [4.78, 5) is 22.2. The molecule has 1 saturated heterocycles. The fraction of sp³-hybridized carbons (Fsp3) is 0.583. The molecule has 5 nitrogen and oxygen atoms in total. The fourth-order valence-electron chi connectivity index (χ4n) is 2.00. The maximum atomic E-state index is 12.2. The first-order chi connectivity index (χ1) is 8.20. The van der Waals surface area contributed by atoms with E-state index in [1.807, 2.05) is 11.8 Å². The average molecular weight is 235 g/mol. The van der Waals surface area contributed by atoms with Crippen LogP contribution in [0.4, 0.5) is 0 Å². The lowest BCUT2D eigenvalue weighted by Crippen LogP contribution is -2.36. The number of aryl methyl sites for hydroxylation is 1. The van der Waals surface area contributed by atoms with Gasteiger partial charge in [0.25, 0.3) is 5.91 Å². The van der Waals surface area contributed by atoms with Crippen molar-refractivity contribution in [1.82, 2.24) is 14.9 Å². The van der Waals surface area contributed by atoms with E-state index < -0.39 is 0 Å². The molecule has 0 saturated carbocycles. The van der Waals surface area contributed by atoms with E-state index in [2.05, 4.69) is 9.97 Å². The largest absolute Gasteiger partial charge is 0.467 e. The number of likely N-dealkylation sites (tertiary alicyclic amines) is 1. The van der Waals surface area contributed by atoms with E-state index in [1.54, 1.807) is 6.07 Å². The molecule has 1 aliphatic rings. The van der Waals surface area contributed by atoms with Crippen molar-refractivity contribution in [1.29, 1.82) is 0 Å². The van der Waals surface area contributed by atoms with Gasteiger partial charge in [0, 0.05) is 18.8 Å². The zero-order valence-corrected chi connectivity index (χ0v) is 10.3. The van der Waals surface area contributed by atoms with Crippen LogP contribution in [-0.4, -0.2) is 41.0 Å². The standard InChI is InChI=1S/C12H17N3O2/c1-9-8-10(14-12(13-9)17-2)11(16)15-6-4-3-5-7-15/h8H,3-7H2,1-2H3. The molecule has 1 aromatic rings. The topological polar surface area (TPSA) is 55.3 Å². The van der Waals surface area contributed by atoms with Crippen molar-refractivity contribution in [3.8, 4) is 6.01 Å². The molecule has 92 valence electrons. The van der Waals surface area contributed by atoms with E-state index in [0.717, 1.165) is 31.6 Å². The van der Waals surface area contributed by atoms with Gasteiger partial charge in [-0.1, -0.05) is 0 Å². The van der Waals surface area contributed by atoms with Gasteiger partial charge in [-0.25, -0.2) is 4.98 Å². The third-order valence-corrected chi connectivity index (χ3v) is 2.88. The van der Waals surface area contributed by atoms with Gasteiger partial charge >= 0.3 is 6.01 Å². The molecule has 1 amide bonds. The van der Waals surface area contributed by atoms with E-state index in [0.29, 0.717) is 5.69 Å². The molecule has 1 aliphatic heterocycles. The van der Waals surface area contributed by atoms with Gasteiger partial charge in [-0.3, -0.25) is 4.79 Å². The number of ether oxygens (including phenoxy) is 1. The molecular formula is C12H17N3O2. The normalized spacial score (nSPS) is 15.8. The Bertz CT molecular complexity index is 414. The third-order valence-electron chi connectivity index (χ3n) is 2.88. The van der Waals surface area contributed by atoms with Crippen molar-refractivity contribution in [2.45, 2.75) is 26.2 Å². The first-order valence-corrected chi connectivity index (χ1v) is 5.89. The summed E-state index contributed by atoms with van der Waals surface area (Å²) in [5.74, 6) is -0.0199. The lowest BCUT2D eigenvalue weighted by atomic mass is 10.1. The minimum absolute atomic E-state index is 0.0199. The number of nitrogens with zero attached hydrogens (tertiary/aromatic N) is 3. The first kappa shape index (κ1) is 11.8. The highest BCUT2D eigenvalue weighted by molar-refractivity contribution is 5.92. The van der Waals surface area contributed by atoms with Crippen LogP contribution in [0.5, 0.6) is 6.01 Å². The maximum Gasteiger partial charge on any atom is 0.317 e. The predicted molar refractivity (Wildman–Crippen MR) is 63.1 cm³/mol. The first-order valence-electron chi connectivity index (χ1n) is 5.89. The minimum Gasteiger partial charge on any atom is -0.467 e. The Morgan fingerprint density at radius 2 is 2.00 bits per heavy atom. The molecule has 5 heteroatoms. The van der Waals surface area contributed by atoms with Crippen LogP contribution in [0.2, 0.25) is 0 Å². The number of hydrogen-bond acceptors (Lipinski definition) is 4. The van der Waals surface area contributed by atoms with Gasteiger partial charge in [0.15, 0.2) is 0 Å². The summed E-state index contributed by atoms with van der Waals surface area (Å²) < 4.78 is 4.98. The van der Waals surface area contributed by atoms with E-state index in [1.165, 1.54) is 13.5 Å². The summed E-state index contributed by atoms with van der Waals surface area (Å²) >= 11 is 0. The summed E-state index contributed by atoms with van der Waals surface area (Å²) in [7, 11) is 1.50. The van der Waals surface area contributed by atoms with Crippen LogP contribution in [0.25, 0.3) is 0 Å². The second-order valence-electron chi connectivity index (χ2n) is 4.23. The molecule has 0 N–H and O–H groups in total. The molecule has 0 aliphatic carbocycles. The molecule has 0 spiro atoms. The van der Waals surface area contributed by atoms with Crippen molar-refractivity contribution in [3.63, 3.8) is 0 Å². The molecule has 0 atom stereocenters. The van der Waals surface area contributed by atoms with Crippen LogP contribution in [0.1, 0.15) is 35.4 Å². The molecule has 1 fully saturated rings. The lowest BCUT2D eigenvalue weighted by Gasteiger charge is -2.26. The highest BCUT2D eigenvalue weighted by atomic mass is 16.5. The Balaban J connectivity index is 2.20. The number of piperidine rings is 1. The molecular weight excluding hydrogens is 218 g/mol. The van der Waals surface area contributed by atoms with Gasteiger partial charge < -0.3 is 9.64 Å². The molecule has 0 bridgehead atoms. The smallest absolute Gasteiger partial charge is 0.317 e. The molecule has 2 heterocycles. The number of aromatic nitrogens is 2. The summed E-state index contributed by atoms with van der Waals surface area (Å²) in [6.45, 7) is 3.48. The van der Waals surface area contributed by atoms with Gasteiger partial charge in [0.1, 0.15) is 5.69 Å². The number of carbonyl (C=O) groups excluding carboxylic acids is 1. The average Bonchev–Trinajstić information content (AvgIpc) is 2.38. The predicted octanol–water partition coefficient (Wildman–Crippen LogP) is 1.42. The van der Waals surface area contributed by atoms with Crippen molar-refractivity contribution >= 4 is 5.91 Å². The number of hydrogen-bond donors (Lipinski definition) is 0. The molecule has 17 heavy (non-hydrogen) atoms. The SMILES string of the molecule is COc1nc(C)cc(C(=O)N2CCCCC2)n1. The Hall–Kier alpha value is -1.65. The Morgan fingerprint density at radius 1 is 1.29 bits per heavy atom. The molecule has 2 rings (SSSR count). The zero-order valence-electron chi connectivity index (χ0n) is 10.3. The van der Waals surface area contributed by atoms with Crippen LogP contribution in [0.15, 0.2) is 6.07 Å². The molecule has 1 aromatic heterocycles. The zero-order chi connectivity index (χ0) is 12.3. The Kier molecular flexibility index (Phi) is 3.56. The maximum absolute atomic E-state index is 12.2. The van der Waals surface area contributed by atoms with Gasteiger partial charge in [0.05, 0.1) is 7.11 Å². The van der Waals surface area contributed by atoms with E-state index in [4.69, 9.17) is 4.74 Å². The lowest BCUT2D eigenvalue weighted by molar-refractivity contribution is 0.0717. The number of amides is 1. The summed E-state index contributed by atoms with van der Waals surface area (Å²) in [5.41, 5.74) is 1.17. The van der Waals surface area contributed by atoms with Gasteiger partial charge in [-0.05, 0) is 32.3 Å². The van der Waals surface area contributed by atoms with Crippen molar-refractivity contribution in [3.05, 3.63) is 17.5 Å². The van der Waals surface area contributed by atoms with Crippen LogP contribution < -0.4 is 4.74 Å². The number of carbonyl (C=O) groups is 1. The summed E-state index contributed by atoms with van der Waals surface area (Å²) in [6, 6.07) is 1.96. The van der Waals surface area contributed by atoms with Crippen LogP contribution in [0.3, 0.4) is 0 Å². The Labute approximate surface area is 101 Å². The second kappa shape index (κ2) is 5.12. The van der Waals surface area contributed by atoms with Crippen LogP contribution >= 0.6 is 0 Å². The van der Waals surface area contributed by atoms with Gasteiger partial charge in [0.2, 0.25) is 0 Å². The van der Waals surface area contributed by atoms with E-state index >= 15 is 0 Å². The van der Waals surface area contributed by atoms with Gasteiger partial charge in [-0.2, -0.15) is 4.98 Å². The Morgan fingerprint density at radius 3 is 2.65 bits per heavy atom.